The summed E-state index contributed by atoms with van der Waals surface area (Å²) in [6.45, 7) is 2.15. The lowest BCUT2D eigenvalue weighted by molar-refractivity contribution is -0.132. The highest BCUT2D eigenvalue weighted by atomic mass is 32.2. The second kappa shape index (κ2) is 10.4. The first-order chi connectivity index (χ1) is 14.6. The van der Waals surface area contributed by atoms with Crippen LogP contribution < -0.4 is 4.74 Å². The monoisotopic (exact) mass is 427 g/mol. The van der Waals surface area contributed by atoms with Crippen molar-refractivity contribution in [2.45, 2.75) is 24.5 Å². The van der Waals surface area contributed by atoms with E-state index in [2.05, 4.69) is 15.4 Å². The van der Waals surface area contributed by atoms with Crippen LogP contribution in [0.25, 0.3) is 0 Å². The van der Waals surface area contributed by atoms with E-state index in [0.29, 0.717) is 22.4 Å². The molecule has 0 aliphatic rings. The molecule has 1 aromatic heterocycles. The Morgan fingerprint density at radius 3 is 2.63 bits per heavy atom. The zero-order valence-electron chi connectivity index (χ0n) is 16.8. The number of oxime groups is 1. The summed E-state index contributed by atoms with van der Waals surface area (Å²) in [6.07, 6.45) is 0. The van der Waals surface area contributed by atoms with Crippen molar-refractivity contribution >= 4 is 23.4 Å². The molecule has 0 fully saturated rings. The molecule has 0 radical (unpaired) electrons. The number of carbonyl (C=O) groups excluding carboxylic acids is 1. The van der Waals surface area contributed by atoms with Crippen LogP contribution in [0.2, 0.25) is 0 Å². The Morgan fingerprint density at radius 1 is 1.10 bits per heavy atom. The Morgan fingerprint density at radius 2 is 1.87 bits per heavy atom. The maximum Gasteiger partial charge on any atom is 0.360 e. The summed E-state index contributed by atoms with van der Waals surface area (Å²) in [5, 5.41) is 12.3. The first-order valence-corrected chi connectivity index (χ1v) is 10.0. The number of aryl methyl sites for hydroxylation is 1. The molecule has 156 valence electrons. The maximum absolute atomic E-state index is 12.1. The third-order valence-electron chi connectivity index (χ3n) is 4.08. The zero-order valence-corrected chi connectivity index (χ0v) is 17.6. The van der Waals surface area contributed by atoms with Gasteiger partial charge in [-0.3, -0.25) is 0 Å². The zero-order chi connectivity index (χ0) is 21.3. The molecule has 9 heteroatoms. The van der Waals surface area contributed by atoms with Gasteiger partial charge in [0.05, 0.1) is 7.11 Å². The van der Waals surface area contributed by atoms with Crippen molar-refractivity contribution < 1.29 is 23.5 Å². The molecule has 2 aromatic carbocycles. The number of carbonyl (C=O) groups is 1. The number of ether oxygens (including phenoxy) is 2. The quantitative estimate of drug-likeness (QED) is 0.220. The van der Waals surface area contributed by atoms with Gasteiger partial charge in [-0.2, -0.15) is 0 Å². The number of aromatic nitrogens is 2. The molecule has 0 N–H and O–H groups in total. The molecular formula is C21H21N3O5S. The number of hydrogen-bond donors (Lipinski definition) is 0. The van der Waals surface area contributed by atoms with E-state index in [1.165, 1.54) is 26.0 Å². The van der Waals surface area contributed by atoms with Gasteiger partial charge in [0.15, 0.2) is 12.3 Å². The molecular weight excluding hydrogens is 406 g/mol. The van der Waals surface area contributed by atoms with E-state index in [9.17, 15) is 4.79 Å². The van der Waals surface area contributed by atoms with Gasteiger partial charge in [0, 0.05) is 11.3 Å². The van der Waals surface area contributed by atoms with Crippen LogP contribution in [0.5, 0.6) is 5.75 Å². The molecule has 0 spiro atoms. The molecule has 0 atom stereocenters. The van der Waals surface area contributed by atoms with Crippen molar-refractivity contribution in [1.82, 2.24) is 10.2 Å². The van der Waals surface area contributed by atoms with Gasteiger partial charge in [-0.25, -0.2) is 4.79 Å². The minimum Gasteiger partial charge on any atom is -0.484 e. The molecule has 0 bridgehead atoms. The minimum absolute atomic E-state index is 0.0917. The Labute approximate surface area is 178 Å². The molecule has 0 unspecified atom stereocenters. The van der Waals surface area contributed by atoms with Gasteiger partial charge in [0.1, 0.15) is 12.9 Å². The molecule has 0 aliphatic heterocycles. The van der Waals surface area contributed by atoms with E-state index in [0.717, 1.165) is 16.9 Å². The molecule has 3 aromatic rings. The Kier molecular flexibility index (Phi) is 7.45. The van der Waals surface area contributed by atoms with E-state index in [1.54, 1.807) is 6.07 Å². The Bertz CT molecular complexity index is 1030. The fourth-order valence-electron chi connectivity index (χ4n) is 2.61. The van der Waals surface area contributed by atoms with Crippen molar-refractivity contribution in [3.05, 3.63) is 71.1 Å². The highest BCUT2D eigenvalue weighted by Gasteiger charge is 2.19. The fourth-order valence-corrected chi connectivity index (χ4v) is 3.40. The smallest absolute Gasteiger partial charge is 0.360 e. The van der Waals surface area contributed by atoms with Crippen LogP contribution in [0.15, 0.2) is 63.3 Å². The third-order valence-corrected chi connectivity index (χ3v) is 4.95. The second-order valence-corrected chi connectivity index (χ2v) is 7.00. The normalized spacial score (nSPS) is 11.2. The number of para-hydroxylation sites is 1. The molecule has 0 saturated carbocycles. The number of rotatable bonds is 9. The Hall–Kier alpha value is -3.33. The topological polar surface area (TPSA) is 96.0 Å². The van der Waals surface area contributed by atoms with Crippen LogP contribution in [-0.4, -0.2) is 36.1 Å². The standard InChI is InChI=1S/C21H21N3O5S/c1-14-8-4-7-11-17(14)28-12-18-22-23-21(29-18)30-13-15-9-5-6-10-16(15)19(24-27-3)20(25)26-2/h4-11H,12-13H2,1-3H3/b24-19+. The molecule has 0 saturated heterocycles. The van der Waals surface area contributed by atoms with E-state index in [1.807, 2.05) is 49.4 Å². The first-order valence-electron chi connectivity index (χ1n) is 9.03. The molecule has 3 rings (SSSR count). The van der Waals surface area contributed by atoms with Crippen LogP contribution in [-0.2, 0) is 26.7 Å². The predicted octanol–water partition coefficient (Wildman–Crippen LogP) is 3.77. The maximum atomic E-state index is 12.1. The lowest BCUT2D eigenvalue weighted by Crippen LogP contribution is -2.19. The average molecular weight is 427 g/mol. The van der Waals surface area contributed by atoms with E-state index < -0.39 is 5.97 Å². The van der Waals surface area contributed by atoms with Crippen molar-refractivity contribution in [2.24, 2.45) is 5.16 Å². The van der Waals surface area contributed by atoms with E-state index in [-0.39, 0.29) is 12.3 Å². The summed E-state index contributed by atoms with van der Waals surface area (Å²) >= 11 is 1.34. The number of methoxy groups -OCH3 is 1. The average Bonchev–Trinajstić information content (AvgIpc) is 3.23. The number of nitrogens with zero attached hydrogens (tertiary/aromatic N) is 3. The fraction of sp³-hybridized carbons (Fsp3) is 0.238. The predicted molar refractivity (Wildman–Crippen MR) is 111 cm³/mol. The Balaban J connectivity index is 1.66. The third kappa shape index (κ3) is 5.38. The summed E-state index contributed by atoms with van der Waals surface area (Å²) in [6, 6.07) is 15.1. The number of hydrogen-bond acceptors (Lipinski definition) is 9. The van der Waals surface area contributed by atoms with E-state index >= 15 is 0 Å². The minimum atomic E-state index is -0.581. The molecule has 0 aliphatic carbocycles. The van der Waals surface area contributed by atoms with Crippen LogP contribution in [0.3, 0.4) is 0 Å². The summed E-state index contributed by atoms with van der Waals surface area (Å²) in [7, 11) is 2.67. The highest BCUT2D eigenvalue weighted by Crippen LogP contribution is 2.25. The van der Waals surface area contributed by atoms with Crippen LogP contribution in [0.4, 0.5) is 0 Å². The lowest BCUT2D eigenvalue weighted by atomic mass is 10.0. The van der Waals surface area contributed by atoms with Crippen LogP contribution in [0.1, 0.15) is 22.6 Å². The number of esters is 1. The van der Waals surface area contributed by atoms with Gasteiger partial charge in [0.2, 0.25) is 0 Å². The van der Waals surface area contributed by atoms with Crippen LogP contribution in [0, 0.1) is 6.92 Å². The van der Waals surface area contributed by atoms with Gasteiger partial charge in [-0.15, -0.1) is 10.2 Å². The highest BCUT2D eigenvalue weighted by molar-refractivity contribution is 7.98. The van der Waals surface area contributed by atoms with Gasteiger partial charge in [-0.05, 0) is 24.1 Å². The summed E-state index contributed by atoms with van der Waals surface area (Å²) in [5.74, 6) is 1.05. The van der Waals surface area contributed by atoms with Gasteiger partial charge in [0.25, 0.3) is 11.1 Å². The summed E-state index contributed by atoms with van der Waals surface area (Å²) in [4.78, 5) is 16.9. The summed E-state index contributed by atoms with van der Waals surface area (Å²) in [5.41, 5.74) is 2.58. The van der Waals surface area contributed by atoms with Crippen molar-refractivity contribution in [3.8, 4) is 5.75 Å². The molecule has 8 nitrogen and oxygen atoms in total. The van der Waals surface area contributed by atoms with Crippen molar-refractivity contribution in [2.75, 3.05) is 14.2 Å². The molecule has 1 heterocycles. The second-order valence-electron chi connectivity index (χ2n) is 6.08. The SMILES string of the molecule is CO/N=C(/C(=O)OC)c1ccccc1CSc1nnc(COc2ccccc2C)o1. The van der Waals surface area contributed by atoms with Gasteiger partial charge < -0.3 is 18.7 Å². The van der Waals surface area contributed by atoms with Crippen molar-refractivity contribution in [3.63, 3.8) is 0 Å². The number of thioether (sulfide) groups is 1. The lowest BCUT2D eigenvalue weighted by Gasteiger charge is -2.09. The molecule has 30 heavy (non-hydrogen) atoms. The van der Waals surface area contributed by atoms with Crippen molar-refractivity contribution in [1.29, 1.82) is 0 Å². The first kappa shape index (κ1) is 21.4. The molecule has 0 amide bonds. The van der Waals surface area contributed by atoms with Gasteiger partial charge in [-0.1, -0.05) is 59.4 Å². The largest absolute Gasteiger partial charge is 0.484 e. The van der Waals surface area contributed by atoms with Crippen LogP contribution >= 0.6 is 11.8 Å². The van der Waals surface area contributed by atoms with Gasteiger partial charge >= 0.3 is 5.97 Å². The number of benzene rings is 2. The summed E-state index contributed by atoms with van der Waals surface area (Å²) < 4.78 is 16.2. The van der Waals surface area contributed by atoms with E-state index in [4.69, 9.17) is 18.7 Å².